The fraction of sp³-hybridized carbons (Fsp3) is 0.333. The summed E-state index contributed by atoms with van der Waals surface area (Å²) in [6.45, 7) is 1.51. The Labute approximate surface area is 142 Å². The van der Waals surface area contributed by atoms with Crippen LogP contribution in [0, 0.1) is 0 Å². The van der Waals surface area contributed by atoms with Crippen LogP contribution in [0.5, 0.6) is 17.2 Å². The lowest BCUT2D eigenvalue weighted by Gasteiger charge is -2.14. The average molecular weight is 336 g/mol. The molecule has 2 aromatic carbocycles. The first-order valence-corrected chi connectivity index (χ1v) is 7.79. The fourth-order valence-corrected chi connectivity index (χ4v) is 2.62. The number of hydrogen-bond donors (Lipinski definition) is 1. The molecule has 0 aliphatic rings. The van der Waals surface area contributed by atoms with Crippen molar-refractivity contribution >= 4 is 11.6 Å². The van der Waals surface area contributed by atoms with Crippen molar-refractivity contribution in [3.63, 3.8) is 0 Å². The largest absolute Gasteiger partial charge is 0.497 e. The van der Waals surface area contributed by atoms with Crippen LogP contribution >= 0.6 is 11.6 Å². The third-order valence-electron chi connectivity index (χ3n) is 3.59. The first kappa shape index (κ1) is 17.4. The Morgan fingerprint density at radius 1 is 0.957 bits per heavy atom. The van der Waals surface area contributed by atoms with Crippen LogP contribution in [0.15, 0.2) is 36.4 Å². The molecule has 5 heteroatoms. The van der Waals surface area contributed by atoms with Gasteiger partial charge in [0.1, 0.15) is 5.75 Å². The van der Waals surface area contributed by atoms with Crippen molar-refractivity contribution in [2.45, 2.75) is 13.0 Å². The van der Waals surface area contributed by atoms with Crippen LogP contribution in [0.25, 0.3) is 0 Å². The minimum absolute atomic E-state index is 0.634. The maximum Gasteiger partial charge on any atom is 0.165 e. The van der Waals surface area contributed by atoms with Gasteiger partial charge in [-0.25, -0.2) is 0 Å². The molecule has 2 aromatic rings. The smallest absolute Gasteiger partial charge is 0.165 e. The van der Waals surface area contributed by atoms with Crippen molar-refractivity contribution in [3.05, 3.63) is 52.5 Å². The standard InChI is InChI=1S/C18H22ClNO3/c1-21-16-6-4-13(5-7-16)8-9-20-12-14-10-15(19)11-17(22-2)18(14)23-3/h4-7,10-11,20H,8-9,12H2,1-3H3. The third-order valence-corrected chi connectivity index (χ3v) is 3.80. The van der Waals surface area contributed by atoms with Crippen LogP contribution < -0.4 is 19.5 Å². The van der Waals surface area contributed by atoms with E-state index in [-0.39, 0.29) is 0 Å². The van der Waals surface area contributed by atoms with Crippen LogP contribution in [0.4, 0.5) is 0 Å². The zero-order chi connectivity index (χ0) is 16.7. The van der Waals surface area contributed by atoms with E-state index in [0.717, 1.165) is 24.3 Å². The molecule has 1 N–H and O–H groups in total. The normalized spacial score (nSPS) is 10.4. The summed E-state index contributed by atoms with van der Waals surface area (Å²) in [6.07, 6.45) is 0.935. The van der Waals surface area contributed by atoms with Crippen LogP contribution in [0.1, 0.15) is 11.1 Å². The highest BCUT2D eigenvalue weighted by molar-refractivity contribution is 6.30. The first-order valence-electron chi connectivity index (χ1n) is 7.42. The van der Waals surface area contributed by atoms with Crippen LogP contribution in [-0.2, 0) is 13.0 Å². The maximum atomic E-state index is 6.12. The van der Waals surface area contributed by atoms with Gasteiger partial charge in [-0.1, -0.05) is 23.7 Å². The monoisotopic (exact) mass is 335 g/mol. The van der Waals surface area contributed by atoms with Gasteiger partial charge in [0.05, 0.1) is 21.3 Å². The second-order valence-electron chi connectivity index (χ2n) is 5.08. The SMILES string of the molecule is COc1ccc(CCNCc2cc(Cl)cc(OC)c2OC)cc1. The van der Waals surface area contributed by atoms with Crippen LogP contribution in [0.3, 0.4) is 0 Å². The number of benzene rings is 2. The minimum atomic E-state index is 0.634. The van der Waals surface area contributed by atoms with Crippen molar-refractivity contribution in [2.75, 3.05) is 27.9 Å². The molecule has 0 amide bonds. The highest BCUT2D eigenvalue weighted by Gasteiger charge is 2.11. The molecule has 0 heterocycles. The van der Waals surface area contributed by atoms with E-state index in [0.29, 0.717) is 23.1 Å². The molecule has 0 aliphatic carbocycles. The van der Waals surface area contributed by atoms with Crippen LogP contribution in [-0.4, -0.2) is 27.9 Å². The number of rotatable bonds is 8. The molecule has 0 atom stereocenters. The average Bonchev–Trinajstić information content (AvgIpc) is 2.58. The summed E-state index contributed by atoms with van der Waals surface area (Å²) in [7, 11) is 4.91. The van der Waals surface area contributed by atoms with Gasteiger partial charge in [-0.3, -0.25) is 0 Å². The second-order valence-corrected chi connectivity index (χ2v) is 5.51. The Bertz CT molecular complexity index is 629. The molecule has 0 bridgehead atoms. The molecule has 0 unspecified atom stereocenters. The van der Waals surface area contributed by atoms with Crippen molar-refractivity contribution < 1.29 is 14.2 Å². The summed E-state index contributed by atoms with van der Waals surface area (Å²) >= 11 is 6.12. The van der Waals surface area contributed by atoms with E-state index >= 15 is 0 Å². The van der Waals surface area contributed by atoms with E-state index in [2.05, 4.69) is 17.4 Å². The maximum absolute atomic E-state index is 6.12. The van der Waals surface area contributed by atoms with E-state index in [9.17, 15) is 0 Å². The lowest BCUT2D eigenvalue weighted by Crippen LogP contribution is -2.17. The van der Waals surface area contributed by atoms with Crippen molar-refractivity contribution in [3.8, 4) is 17.2 Å². The number of hydrogen-bond acceptors (Lipinski definition) is 4. The van der Waals surface area contributed by atoms with Gasteiger partial charge in [0.15, 0.2) is 11.5 Å². The summed E-state index contributed by atoms with van der Waals surface area (Å²) in [5, 5.41) is 4.04. The van der Waals surface area contributed by atoms with Crippen molar-refractivity contribution in [1.29, 1.82) is 0 Å². The molecule has 0 aliphatic heterocycles. The van der Waals surface area contributed by atoms with E-state index in [1.54, 1.807) is 27.4 Å². The van der Waals surface area contributed by atoms with E-state index < -0.39 is 0 Å². The van der Waals surface area contributed by atoms with Crippen LogP contribution in [0.2, 0.25) is 5.02 Å². The molecule has 0 spiro atoms. The van der Waals surface area contributed by atoms with Gasteiger partial charge in [0.2, 0.25) is 0 Å². The summed E-state index contributed by atoms with van der Waals surface area (Å²) in [5.41, 5.74) is 2.24. The topological polar surface area (TPSA) is 39.7 Å². The highest BCUT2D eigenvalue weighted by Crippen LogP contribution is 2.34. The van der Waals surface area contributed by atoms with Gasteiger partial charge < -0.3 is 19.5 Å². The van der Waals surface area contributed by atoms with Gasteiger partial charge in [0, 0.05) is 23.2 Å². The third kappa shape index (κ3) is 4.78. The van der Waals surface area contributed by atoms with Gasteiger partial charge >= 0.3 is 0 Å². The Kier molecular flexibility index (Phi) is 6.56. The molecule has 0 saturated carbocycles. The minimum Gasteiger partial charge on any atom is -0.497 e. The molecule has 2 rings (SSSR count). The molecule has 0 radical (unpaired) electrons. The van der Waals surface area contributed by atoms with Crippen molar-refractivity contribution in [2.24, 2.45) is 0 Å². The van der Waals surface area contributed by atoms with E-state index in [1.807, 2.05) is 18.2 Å². The second kappa shape index (κ2) is 8.65. The number of halogens is 1. The number of methoxy groups -OCH3 is 3. The van der Waals surface area contributed by atoms with E-state index in [4.69, 9.17) is 25.8 Å². The molecule has 124 valence electrons. The fourth-order valence-electron chi connectivity index (χ4n) is 2.39. The summed E-state index contributed by atoms with van der Waals surface area (Å²) < 4.78 is 15.9. The van der Waals surface area contributed by atoms with Gasteiger partial charge in [-0.05, 0) is 36.7 Å². The summed E-state index contributed by atoms with van der Waals surface area (Å²) in [5.74, 6) is 2.23. The Morgan fingerprint density at radius 2 is 1.70 bits per heavy atom. The molecule has 0 aromatic heterocycles. The predicted molar refractivity (Wildman–Crippen MR) is 93.0 cm³/mol. The number of nitrogens with one attached hydrogen (secondary N) is 1. The van der Waals surface area contributed by atoms with E-state index in [1.165, 1.54) is 5.56 Å². The highest BCUT2D eigenvalue weighted by atomic mass is 35.5. The zero-order valence-corrected chi connectivity index (χ0v) is 14.4. The van der Waals surface area contributed by atoms with Crippen molar-refractivity contribution in [1.82, 2.24) is 5.32 Å². The molecule has 0 saturated heterocycles. The Morgan fingerprint density at radius 3 is 2.30 bits per heavy atom. The first-order chi connectivity index (χ1) is 11.2. The zero-order valence-electron chi connectivity index (χ0n) is 13.7. The molecule has 0 fully saturated rings. The van der Waals surface area contributed by atoms with Gasteiger partial charge in [-0.15, -0.1) is 0 Å². The predicted octanol–water partition coefficient (Wildman–Crippen LogP) is 3.70. The molecular weight excluding hydrogens is 314 g/mol. The van der Waals surface area contributed by atoms with Gasteiger partial charge in [-0.2, -0.15) is 0 Å². The Balaban J connectivity index is 1.91. The summed E-state index contributed by atoms with van der Waals surface area (Å²) in [6, 6.07) is 11.7. The van der Waals surface area contributed by atoms with Gasteiger partial charge in [0.25, 0.3) is 0 Å². The molecule has 23 heavy (non-hydrogen) atoms. The number of ether oxygens (including phenoxy) is 3. The quantitative estimate of drug-likeness (QED) is 0.747. The lowest BCUT2D eigenvalue weighted by molar-refractivity contribution is 0.351. The molecule has 4 nitrogen and oxygen atoms in total. The summed E-state index contributed by atoms with van der Waals surface area (Å²) in [4.78, 5) is 0. The Hall–Kier alpha value is -1.91. The lowest BCUT2D eigenvalue weighted by atomic mass is 10.1. The molecular formula is C18H22ClNO3.